The molecule has 80 heavy (non-hydrogen) atoms. The highest BCUT2D eigenvalue weighted by atomic mass is 15.1. The van der Waals surface area contributed by atoms with Gasteiger partial charge in [-0.2, -0.15) is 0 Å². The molecule has 0 radical (unpaired) electrons. The predicted molar refractivity (Wildman–Crippen MR) is 341 cm³/mol. The monoisotopic (exact) mass is 1020 g/mol. The summed E-state index contributed by atoms with van der Waals surface area (Å²) in [4.78, 5) is 4.66. The third-order valence-corrected chi connectivity index (χ3v) is 15.6. The van der Waals surface area contributed by atoms with Crippen LogP contribution < -0.4 is 9.80 Å². The molecule has 4 nitrogen and oxygen atoms in total. The summed E-state index contributed by atoms with van der Waals surface area (Å²) in [6.07, 6.45) is 3.77. The Balaban J connectivity index is 0.733. The van der Waals surface area contributed by atoms with Crippen molar-refractivity contribution in [3.63, 3.8) is 0 Å². The second-order valence-corrected chi connectivity index (χ2v) is 20.3. The van der Waals surface area contributed by atoms with Gasteiger partial charge in [0.2, 0.25) is 0 Å². The summed E-state index contributed by atoms with van der Waals surface area (Å²) in [5.41, 5.74) is 22.7. The van der Waals surface area contributed by atoms with Gasteiger partial charge in [0.05, 0.1) is 22.1 Å². The molecule has 14 rings (SSSR count). The third-order valence-electron chi connectivity index (χ3n) is 15.6. The molecule has 0 unspecified atom stereocenters. The number of aromatic nitrogens is 2. The van der Waals surface area contributed by atoms with E-state index in [9.17, 15) is 0 Å². The lowest BCUT2D eigenvalue weighted by molar-refractivity contribution is 1.18. The first-order chi connectivity index (χ1) is 39.6. The van der Waals surface area contributed by atoms with E-state index in [-0.39, 0.29) is 0 Å². The normalized spacial score (nSPS) is 11.3. The lowest BCUT2D eigenvalue weighted by atomic mass is 10.0. The van der Waals surface area contributed by atoms with Crippen LogP contribution in [0, 0.1) is 0 Å². The molecule has 2 aromatic heterocycles. The first-order valence-corrected chi connectivity index (χ1v) is 27.2. The molecule has 0 fully saturated rings. The zero-order chi connectivity index (χ0) is 53.5. The molecule has 0 bridgehead atoms. The number of para-hydroxylation sites is 4. The first kappa shape index (κ1) is 47.7. The maximum absolute atomic E-state index is 3.95. The van der Waals surface area contributed by atoms with Crippen molar-refractivity contribution in [1.29, 1.82) is 0 Å². The van der Waals surface area contributed by atoms with Gasteiger partial charge in [-0.15, -0.1) is 0 Å². The topological polar surface area (TPSA) is 16.3 Å². The van der Waals surface area contributed by atoms with Crippen LogP contribution in [-0.4, -0.2) is 9.13 Å². The lowest BCUT2D eigenvalue weighted by Crippen LogP contribution is -2.10. The summed E-state index contributed by atoms with van der Waals surface area (Å²) in [7, 11) is 0. The van der Waals surface area contributed by atoms with Gasteiger partial charge in [0.15, 0.2) is 0 Å². The molecule has 0 spiro atoms. The number of anilines is 6. The van der Waals surface area contributed by atoms with E-state index in [0.717, 1.165) is 67.8 Å². The number of nitrogens with zero attached hydrogens (tertiary/aromatic N) is 4. The Morgan fingerprint density at radius 2 is 0.512 bits per heavy atom. The summed E-state index contributed by atoms with van der Waals surface area (Å²) in [5.74, 6) is 0. The van der Waals surface area contributed by atoms with Crippen molar-refractivity contribution >= 4 is 89.9 Å². The van der Waals surface area contributed by atoms with Crippen LogP contribution in [0.25, 0.3) is 101 Å². The van der Waals surface area contributed by atoms with Crippen LogP contribution in [0.3, 0.4) is 0 Å². The molecule has 14 aromatic rings. The Labute approximate surface area is 466 Å². The van der Waals surface area contributed by atoms with Crippen LogP contribution in [0.2, 0.25) is 0 Å². The minimum atomic E-state index is 1.08. The molecule has 0 atom stereocenters. The van der Waals surface area contributed by atoms with Gasteiger partial charge in [-0.3, -0.25) is 0 Å². The third kappa shape index (κ3) is 8.62. The van der Waals surface area contributed by atoms with E-state index < -0.39 is 0 Å². The Morgan fingerprint density at radius 1 is 0.237 bits per heavy atom. The van der Waals surface area contributed by atoms with Gasteiger partial charge in [0.1, 0.15) is 0 Å². The summed E-state index contributed by atoms with van der Waals surface area (Å²) in [6.45, 7) is 7.90. The molecule has 378 valence electrons. The second kappa shape index (κ2) is 20.4. The molecule has 0 saturated carbocycles. The highest BCUT2D eigenvalue weighted by Gasteiger charge is 2.19. The highest BCUT2D eigenvalue weighted by molar-refractivity contribution is 6.11. The molecule has 0 aliphatic heterocycles. The highest BCUT2D eigenvalue weighted by Crippen LogP contribution is 2.42. The second-order valence-electron chi connectivity index (χ2n) is 20.3. The fourth-order valence-electron chi connectivity index (χ4n) is 11.6. The van der Waals surface area contributed by atoms with E-state index in [0.29, 0.717) is 0 Å². The van der Waals surface area contributed by atoms with Gasteiger partial charge in [-0.1, -0.05) is 183 Å². The van der Waals surface area contributed by atoms with Crippen LogP contribution in [0.1, 0.15) is 11.1 Å². The van der Waals surface area contributed by atoms with Crippen LogP contribution in [0.15, 0.2) is 304 Å². The molecule has 2 heterocycles. The standard InChI is InChI=1S/C76H54N4/c1-3-53-23-37-67(38-24-53)79-73-21-13-11-19-69(73)71-51-59(35-49-75(71)79)57-31-45-65(46-32-57)77(61-15-7-5-8-16-61)63-41-27-55(28-42-63)56-29-43-64(44-30-56)78(62-17-9-6-10-18-62)66-47-33-58(34-48-66)60-36-50-76-72(52-60)70-20-12-14-22-74(70)80(76)68-39-25-54(4-2)26-40-68/h3-52H,1-2H2. The van der Waals surface area contributed by atoms with E-state index in [1.165, 1.54) is 65.9 Å². The minimum Gasteiger partial charge on any atom is -0.311 e. The van der Waals surface area contributed by atoms with Crippen molar-refractivity contribution in [1.82, 2.24) is 9.13 Å². The molecule has 4 heteroatoms. The van der Waals surface area contributed by atoms with Crippen molar-refractivity contribution in [3.8, 4) is 44.8 Å². The van der Waals surface area contributed by atoms with Crippen molar-refractivity contribution in [2.45, 2.75) is 0 Å². The van der Waals surface area contributed by atoms with Crippen LogP contribution in [-0.2, 0) is 0 Å². The molecule has 12 aromatic carbocycles. The fraction of sp³-hybridized carbons (Fsp3) is 0. The van der Waals surface area contributed by atoms with E-state index >= 15 is 0 Å². The number of rotatable bonds is 13. The van der Waals surface area contributed by atoms with Gasteiger partial charge in [-0.25, -0.2) is 0 Å². The lowest BCUT2D eigenvalue weighted by Gasteiger charge is -2.26. The molecule has 0 N–H and O–H groups in total. The summed E-state index contributed by atoms with van der Waals surface area (Å²) >= 11 is 0. The number of hydrogen-bond donors (Lipinski definition) is 0. The molecule has 0 aliphatic rings. The predicted octanol–water partition coefficient (Wildman–Crippen LogP) is 21.1. The molecule has 0 aliphatic carbocycles. The van der Waals surface area contributed by atoms with Gasteiger partial charge < -0.3 is 18.9 Å². The van der Waals surface area contributed by atoms with Crippen LogP contribution >= 0.6 is 0 Å². The Bertz CT molecular complexity index is 4260. The SMILES string of the molecule is C=Cc1ccc(-n2c3ccccc3c3cc(-c4ccc(N(c5ccccc5)c5ccc(-c6ccc(N(c7ccccc7)c7ccc(-c8ccc9c(c8)c8ccccc8n9-c8ccc(C=C)cc8)cc7)cc6)cc5)cc4)ccc32)cc1. The summed E-state index contributed by atoms with van der Waals surface area (Å²) in [5, 5.41) is 4.93. The Hall–Kier alpha value is -10.7. The van der Waals surface area contributed by atoms with E-state index in [1.54, 1.807) is 0 Å². The average Bonchev–Trinajstić information content (AvgIpc) is 4.29. The van der Waals surface area contributed by atoms with E-state index in [1.807, 2.05) is 12.2 Å². The summed E-state index contributed by atoms with van der Waals surface area (Å²) in [6, 6.07) is 105. The largest absolute Gasteiger partial charge is 0.311 e. The first-order valence-electron chi connectivity index (χ1n) is 27.2. The fourth-order valence-corrected chi connectivity index (χ4v) is 11.6. The van der Waals surface area contributed by atoms with Crippen molar-refractivity contribution in [3.05, 3.63) is 315 Å². The van der Waals surface area contributed by atoms with E-state index in [2.05, 4.69) is 323 Å². The van der Waals surface area contributed by atoms with Crippen LogP contribution in [0.4, 0.5) is 34.1 Å². The van der Waals surface area contributed by atoms with Gasteiger partial charge in [0.25, 0.3) is 0 Å². The number of fused-ring (bicyclic) bond motifs is 6. The Kier molecular flexibility index (Phi) is 12.2. The minimum absolute atomic E-state index is 1.08. The maximum Gasteiger partial charge on any atom is 0.0541 e. The number of hydrogen-bond acceptors (Lipinski definition) is 2. The summed E-state index contributed by atoms with van der Waals surface area (Å²) < 4.78 is 4.72. The zero-order valence-electron chi connectivity index (χ0n) is 44.1. The van der Waals surface area contributed by atoms with Crippen molar-refractivity contribution in [2.24, 2.45) is 0 Å². The smallest absolute Gasteiger partial charge is 0.0541 e. The quantitative estimate of drug-likeness (QED) is 0.114. The maximum atomic E-state index is 3.95. The average molecular weight is 1020 g/mol. The molecule has 0 saturated heterocycles. The van der Waals surface area contributed by atoms with Crippen molar-refractivity contribution < 1.29 is 0 Å². The number of benzene rings is 12. The Morgan fingerprint density at radius 3 is 0.850 bits per heavy atom. The van der Waals surface area contributed by atoms with Gasteiger partial charge >= 0.3 is 0 Å². The molecular weight excluding hydrogens is 969 g/mol. The van der Waals surface area contributed by atoms with E-state index in [4.69, 9.17) is 0 Å². The van der Waals surface area contributed by atoms with Gasteiger partial charge in [0, 0.05) is 67.0 Å². The van der Waals surface area contributed by atoms with Gasteiger partial charge in [-0.05, 0) is 178 Å². The molecule has 0 amide bonds. The zero-order valence-corrected chi connectivity index (χ0v) is 44.1. The van der Waals surface area contributed by atoms with Crippen LogP contribution in [0.5, 0.6) is 0 Å². The molecular formula is C76H54N4. The van der Waals surface area contributed by atoms with Crippen molar-refractivity contribution in [2.75, 3.05) is 9.80 Å².